The smallest absolute Gasteiger partial charge is 0.319 e. The number of hydrogen-bond acceptors (Lipinski definition) is 3. The number of benzene rings is 1. The van der Waals surface area contributed by atoms with E-state index in [9.17, 15) is 9.59 Å². The van der Waals surface area contributed by atoms with E-state index in [1.807, 2.05) is 31.2 Å². The molecule has 0 aliphatic carbocycles. The van der Waals surface area contributed by atoms with Crippen LogP contribution in [0.2, 0.25) is 0 Å². The lowest BCUT2D eigenvalue weighted by atomic mass is 9.89. The monoisotopic (exact) mass is 366 g/mol. The quantitative estimate of drug-likeness (QED) is 0.620. The average Bonchev–Trinajstić information content (AvgIpc) is 2.46. The van der Waals surface area contributed by atoms with Crippen molar-refractivity contribution in [2.75, 3.05) is 6.61 Å². The van der Waals surface area contributed by atoms with E-state index in [2.05, 4.69) is 33.1 Å². The Balaban J connectivity index is 2.24. The third-order valence-electron chi connectivity index (χ3n) is 3.47. The summed E-state index contributed by atoms with van der Waals surface area (Å²) in [5.74, 6) is -1.03. The number of hydrogen-bond donors (Lipinski definition) is 2. The number of rotatable bonds is 5. The molecule has 6 heteroatoms. The molecule has 0 unspecified atom stereocenters. The second-order valence-electron chi connectivity index (χ2n) is 5.16. The Labute approximate surface area is 138 Å². The van der Waals surface area contributed by atoms with E-state index in [-0.39, 0.29) is 12.0 Å². The van der Waals surface area contributed by atoms with Crippen LogP contribution in [-0.4, -0.2) is 18.6 Å². The second-order valence-corrected chi connectivity index (χ2v) is 6.07. The maximum atomic E-state index is 12.4. The van der Waals surface area contributed by atoms with Crippen LogP contribution in [0.3, 0.4) is 0 Å². The molecule has 1 heterocycles. The van der Waals surface area contributed by atoms with Crippen LogP contribution in [0.5, 0.6) is 0 Å². The molecule has 2 atom stereocenters. The molecule has 0 bridgehead atoms. The Bertz CT molecular complexity index is 589. The van der Waals surface area contributed by atoms with E-state index < -0.39 is 12.0 Å². The second kappa shape index (κ2) is 7.45. The normalized spacial score (nSPS) is 21.0. The van der Waals surface area contributed by atoms with Crippen LogP contribution in [0, 0.1) is 5.92 Å². The van der Waals surface area contributed by atoms with Crippen molar-refractivity contribution < 1.29 is 14.3 Å². The van der Waals surface area contributed by atoms with Crippen LogP contribution in [0.15, 0.2) is 41.0 Å². The Morgan fingerprint density at radius 1 is 1.45 bits per heavy atom. The minimum absolute atomic E-state index is 0.357. The highest BCUT2D eigenvalue weighted by Gasteiger charge is 2.38. The Hall–Kier alpha value is -1.82. The predicted octanol–water partition coefficient (Wildman–Crippen LogP) is 3.28. The Morgan fingerprint density at radius 2 is 2.23 bits per heavy atom. The number of amides is 2. The van der Waals surface area contributed by atoms with Crippen molar-refractivity contribution in [3.8, 4) is 0 Å². The van der Waals surface area contributed by atoms with Gasteiger partial charge in [0.15, 0.2) is 0 Å². The lowest BCUT2D eigenvalue weighted by molar-refractivity contribution is -0.148. The number of esters is 1. The summed E-state index contributed by atoms with van der Waals surface area (Å²) in [4.78, 5) is 24.1. The molecule has 1 fully saturated rings. The largest absolute Gasteiger partial charge is 0.465 e. The number of halogens is 1. The van der Waals surface area contributed by atoms with Crippen molar-refractivity contribution in [3.05, 3.63) is 46.6 Å². The predicted molar refractivity (Wildman–Crippen MR) is 87.0 cm³/mol. The summed E-state index contributed by atoms with van der Waals surface area (Å²) in [6, 6.07) is 6.61. The van der Waals surface area contributed by atoms with Gasteiger partial charge in [-0.3, -0.25) is 4.79 Å². The number of unbranched alkanes of at least 4 members (excludes halogenated alkanes) is 1. The highest BCUT2D eigenvalue weighted by Crippen LogP contribution is 2.31. The van der Waals surface area contributed by atoms with Gasteiger partial charge in [-0.1, -0.05) is 48.0 Å². The zero-order valence-electron chi connectivity index (χ0n) is 12.4. The molecule has 0 spiro atoms. The average molecular weight is 367 g/mol. The number of nitrogens with one attached hydrogen (secondary N) is 2. The summed E-state index contributed by atoms with van der Waals surface area (Å²) in [5, 5.41) is 5.34. The van der Waals surface area contributed by atoms with Crippen molar-refractivity contribution >= 4 is 27.9 Å². The molecule has 22 heavy (non-hydrogen) atoms. The molecule has 1 aliphatic heterocycles. The van der Waals surface area contributed by atoms with Gasteiger partial charge in [0.1, 0.15) is 5.92 Å². The summed E-state index contributed by atoms with van der Waals surface area (Å²) < 4.78 is 6.18. The van der Waals surface area contributed by atoms with E-state index in [1.165, 1.54) is 0 Å². The fourth-order valence-corrected chi connectivity index (χ4v) is 2.76. The zero-order valence-corrected chi connectivity index (χ0v) is 14.0. The van der Waals surface area contributed by atoms with Crippen LogP contribution in [0.25, 0.3) is 0 Å². The van der Waals surface area contributed by atoms with Gasteiger partial charge in [-0.15, -0.1) is 0 Å². The summed E-state index contributed by atoms with van der Waals surface area (Å²) in [6.07, 6.45) is 1.76. The molecule has 0 saturated carbocycles. The molecule has 2 amide bonds. The summed E-state index contributed by atoms with van der Waals surface area (Å²) in [6.45, 7) is 6.21. The molecule has 5 nitrogen and oxygen atoms in total. The van der Waals surface area contributed by atoms with E-state index in [4.69, 9.17) is 4.74 Å². The van der Waals surface area contributed by atoms with Crippen molar-refractivity contribution in [1.82, 2.24) is 10.6 Å². The summed E-state index contributed by atoms with van der Waals surface area (Å²) >= 11 is 3.40. The first kappa shape index (κ1) is 16.5. The molecule has 0 radical (unpaired) electrons. The van der Waals surface area contributed by atoms with E-state index in [0.717, 1.165) is 22.9 Å². The van der Waals surface area contributed by atoms with Crippen LogP contribution < -0.4 is 10.6 Å². The first-order valence-corrected chi connectivity index (χ1v) is 8.00. The van der Waals surface area contributed by atoms with Crippen LogP contribution in [0.1, 0.15) is 31.4 Å². The summed E-state index contributed by atoms with van der Waals surface area (Å²) in [5.41, 5.74) is 1.18. The molecule has 2 rings (SSSR count). The lowest BCUT2D eigenvalue weighted by Gasteiger charge is -2.33. The molecular formula is C16H19BrN2O3. The number of ether oxygens (including phenoxy) is 1. The maximum Gasteiger partial charge on any atom is 0.319 e. The molecular weight excluding hydrogens is 348 g/mol. The topological polar surface area (TPSA) is 67.4 Å². The standard InChI is InChI=1S/C16H19BrN2O3/c1-3-4-8-22-15(20)13-10(2)18-16(21)19-14(13)11-6-5-7-12(17)9-11/h5-7,9,13-14H,2-4,8H2,1H3,(H2,18,19,21)/t13-,14+/m0/s1. The Kier molecular flexibility index (Phi) is 5.60. The zero-order chi connectivity index (χ0) is 16.1. The third-order valence-corrected chi connectivity index (χ3v) is 3.97. The summed E-state index contributed by atoms with van der Waals surface area (Å²) in [7, 11) is 0. The molecule has 0 aromatic heterocycles. The van der Waals surface area contributed by atoms with E-state index in [1.54, 1.807) is 0 Å². The first-order chi connectivity index (χ1) is 10.5. The molecule has 1 aromatic carbocycles. The van der Waals surface area contributed by atoms with Crippen molar-refractivity contribution in [3.63, 3.8) is 0 Å². The van der Waals surface area contributed by atoms with Crippen molar-refractivity contribution in [2.45, 2.75) is 25.8 Å². The van der Waals surface area contributed by atoms with Gasteiger partial charge < -0.3 is 15.4 Å². The van der Waals surface area contributed by atoms with Crippen LogP contribution >= 0.6 is 15.9 Å². The van der Waals surface area contributed by atoms with Gasteiger partial charge in [-0.05, 0) is 24.1 Å². The molecule has 1 aromatic rings. The fourth-order valence-electron chi connectivity index (χ4n) is 2.35. The van der Waals surface area contributed by atoms with Gasteiger partial charge in [-0.25, -0.2) is 4.79 Å². The molecule has 1 saturated heterocycles. The number of carbonyl (C=O) groups excluding carboxylic acids is 2. The minimum atomic E-state index is -0.649. The minimum Gasteiger partial charge on any atom is -0.465 e. The van der Waals surface area contributed by atoms with Crippen molar-refractivity contribution in [1.29, 1.82) is 0 Å². The van der Waals surface area contributed by atoms with E-state index in [0.29, 0.717) is 12.3 Å². The highest BCUT2D eigenvalue weighted by atomic mass is 79.9. The van der Waals surface area contributed by atoms with Crippen molar-refractivity contribution in [2.24, 2.45) is 5.92 Å². The van der Waals surface area contributed by atoms with Gasteiger partial charge in [0.25, 0.3) is 0 Å². The van der Waals surface area contributed by atoms with Gasteiger partial charge in [0, 0.05) is 10.2 Å². The molecule has 1 aliphatic rings. The van der Waals surface area contributed by atoms with Gasteiger partial charge in [0.05, 0.1) is 12.6 Å². The molecule has 2 N–H and O–H groups in total. The SMILES string of the molecule is C=C1NC(=O)N[C@H](c2cccc(Br)c2)[C@H]1C(=O)OCCCC. The van der Waals surface area contributed by atoms with Gasteiger partial charge >= 0.3 is 12.0 Å². The fraction of sp³-hybridized carbons (Fsp3) is 0.375. The third kappa shape index (κ3) is 3.88. The van der Waals surface area contributed by atoms with Crippen LogP contribution in [0.4, 0.5) is 4.79 Å². The van der Waals surface area contributed by atoms with Gasteiger partial charge in [0.2, 0.25) is 0 Å². The van der Waals surface area contributed by atoms with Gasteiger partial charge in [-0.2, -0.15) is 0 Å². The Morgan fingerprint density at radius 3 is 2.91 bits per heavy atom. The first-order valence-electron chi connectivity index (χ1n) is 7.21. The lowest BCUT2D eigenvalue weighted by Crippen LogP contribution is -2.51. The van der Waals surface area contributed by atoms with E-state index >= 15 is 0 Å². The number of carbonyl (C=O) groups is 2. The maximum absolute atomic E-state index is 12.4. The molecule has 118 valence electrons. The highest BCUT2D eigenvalue weighted by molar-refractivity contribution is 9.10. The number of urea groups is 1. The van der Waals surface area contributed by atoms with Crippen LogP contribution in [-0.2, 0) is 9.53 Å².